The Labute approximate surface area is 107 Å². The van der Waals surface area contributed by atoms with Crippen LogP contribution in [0.4, 0.5) is 19.0 Å². The predicted octanol–water partition coefficient (Wildman–Crippen LogP) is 2.84. The van der Waals surface area contributed by atoms with Crippen LogP contribution in [0.15, 0.2) is 12.3 Å². The molecule has 0 aliphatic rings. The Morgan fingerprint density at radius 1 is 1.56 bits per heavy atom. The van der Waals surface area contributed by atoms with E-state index < -0.39 is 30.8 Å². The van der Waals surface area contributed by atoms with Crippen LogP contribution < -0.4 is 5.32 Å². The number of carbonyl (C=O) groups is 1. The lowest BCUT2D eigenvalue weighted by Gasteiger charge is -2.13. The van der Waals surface area contributed by atoms with E-state index >= 15 is 0 Å². The number of nitrogens with one attached hydrogen (secondary N) is 1. The van der Waals surface area contributed by atoms with E-state index in [2.05, 4.69) is 15.3 Å². The molecule has 0 saturated carbocycles. The van der Waals surface area contributed by atoms with Crippen LogP contribution in [0, 0.1) is 0 Å². The average molecular weight is 282 g/mol. The van der Waals surface area contributed by atoms with E-state index in [1.54, 1.807) is 0 Å². The van der Waals surface area contributed by atoms with Gasteiger partial charge in [0.1, 0.15) is 5.82 Å². The highest BCUT2D eigenvalue weighted by molar-refractivity contribution is 6.28. The van der Waals surface area contributed by atoms with Gasteiger partial charge in [-0.15, -0.1) is 0 Å². The molecule has 1 atom stereocenters. The molecule has 1 aromatic rings. The number of anilines is 1. The Hall–Kier alpha value is -1.37. The van der Waals surface area contributed by atoms with Crippen LogP contribution in [-0.4, -0.2) is 28.0 Å². The summed E-state index contributed by atoms with van der Waals surface area (Å²) < 4.78 is 35.8. The fraction of sp³-hybridized carbons (Fsp3) is 0.500. The Bertz CT molecular complexity index is 425. The molecule has 1 N–H and O–H groups in total. The number of carbonyl (C=O) groups excluding carboxylic acids is 1. The molecule has 0 fully saturated rings. The van der Waals surface area contributed by atoms with E-state index in [1.165, 1.54) is 19.2 Å². The minimum atomic E-state index is -4.33. The van der Waals surface area contributed by atoms with Gasteiger partial charge in [-0.2, -0.15) is 13.2 Å². The van der Waals surface area contributed by atoms with Crippen LogP contribution in [0.5, 0.6) is 0 Å². The van der Waals surface area contributed by atoms with Gasteiger partial charge in [0.2, 0.25) is 5.28 Å². The van der Waals surface area contributed by atoms with E-state index in [9.17, 15) is 18.0 Å². The highest BCUT2D eigenvalue weighted by atomic mass is 35.5. The van der Waals surface area contributed by atoms with Crippen LogP contribution >= 0.6 is 11.6 Å². The number of Topliss-reactive ketones (excluding diaryl/α,β-unsaturated/α-hetero) is 1. The standard InChI is InChI=1S/C10H11ClF3N3O/c1-6(7(18)2-4-10(12,13)14)16-8-3-5-15-9(11)17-8/h3,5-6H,2,4H2,1H3,(H,15,16,17)/t6-/m0/s1. The minimum Gasteiger partial charge on any atom is -0.360 e. The summed E-state index contributed by atoms with van der Waals surface area (Å²) >= 11 is 5.53. The molecule has 0 saturated heterocycles. The lowest BCUT2D eigenvalue weighted by atomic mass is 10.1. The predicted molar refractivity (Wildman–Crippen MR) is 60.4 cm³/mol. The fourth-order valence-corrected chi connectivity index (χ4v) is 1.35. The lowest BCUT2D eigenvalue weighted by Crippen LogP contribution is -2.27. The van der Waals surface area contributed by atoms with Gasteiger partial charge in [0.15, 0.2) is 5.78 Å². The highest BCUT2D eigenvalue weighted by Crippen LogP contribution is 2.22. The largest absolute Gasteiger partial charge is 0.389 e. The van der Waals surface area contributed by atoms with E-state index in [1.807, 2.05) is 0 Å². The monoisotopic (exact) mass is 281 g/mol. The second kappa shape index (κ2) is 5.99. The second-order valence-electron chi connectivity index (χ2n) is 3.66. The van der Waals surface area contributed by atoms with Crippen molar-refractivity contribution in [3.63, 3.8) is 0 Å². The number of ketones is 1. The summed E-state index contributed by atoms with van der Waals surface area (Å²) in [5.74, 6) is -0.245. The van der Waals surface area contributed by atoms with Crippen molar-refractivity contribution < 1.29 is 18.0 Å². The molecule has 0 amide bonds. The molecule has 0 bridgehead atoms. The second-order valence-corrected chi connectivity index (χ2v) is 4.00. The van der Waals surface area contributed by atoms with E-state index in [0.717, 1.165) is 0 Å². The smallest absolute Gasteiger partial charge is 0.360 e. The molecule has 18 heavy (non-hydrogen) atoms. The number of nitrogens with zero attached hydrogens (tertiary/aromatic N) is 2. The summed E-state index contributed by atoms with van der Waals surface area (Å²) in [6.45, 7) is 1.47. The van der Waals surface area contributed by atoms with E-state index in [0.29, 0.717) is 5.82 Å². The first-order chi connectivity index (χ1) is 8.28. The zero-order valence-corrected chi connectivity index (χ0v) is 10.2. The van der Waals surface area contributed by atoms with Crippen LogP contribution in [0.2, 0.25) is 5.28 Å². The van der Waals surface area contributed by atoms with Crippen LogP contribution in [0.25, 0.3) is 0 Å². The molecule has 0 aliphatic carbocycles. The molecule has 8 heteroatoms. The third-order valence-corrected chi connectivity index (χ3v) is 2.31. The number of hydrogen-bond acceptors (Lipinski definition) is 4. The molecule has 0 aromatic carbocycles. The summed E-state index contributed by atoms with van der Waals surface area (Å²) in [6.07, 6.45) is -4.63. The molecule has 0 aliphatic heterocycles. The van der Waals surface area contributed by atoms with Gasteiger partial charge in [-0.1, -0.05) is 0 Å². The minimum absolute atomic E-state index is 0.00468. The van der Waals surface area contributed by atoms with Crippen molar-refractivity contribution in [3.05, 3.63) is 17.5 Å². The third-order valence-electron chi connectivity index (χ3n) is 2.13. The van der Waals surface area contributed by atoms with E-state index in [-0.39, 0.29) is 5.28 Å². The van der Waals surface area contributed by atoms with Crippen molar-refractivity contribution in [2.75, 3.05) is 5.32 Å². The average Bonchev–Trinajstić information content (AvgIpc) is 2.24. The molecular formula is C10H11ClF3N3O. The van der Waals surface area contributed by atoms with Crippen molar-refractivity contribution in [2.24, 2.45) is 0 Å². The molecule has 0 radical (unpaired) electrons. The quantitative estimate of drug-likeness (QED) is 0.843. The van der Waals surface area contributed by atoms with Gasteiger partial charge >= 0.3 is 6.18 Å². The molecule has 0 unspecified atom stereocenters. The summed E-state index contributed by atoms with van der Waals surface area (Å²) in [6, 6.07) is 0.706. The number of alkyl halides is 3. The Morgan fingerprint density at radius 2 is 2.22 bits per heavy atom. The maximum atomic E-state index is 11.9. The van der Waals surface area contributed by atoms with Gasteiger partial charge < -0.3 is 5.32 Å². The van der Waals surface area contributed by atoms with Crippen LogP contribution in [0.3, 0.4) is 0 Å². The Balaban J connectivity index is 2.50. The Morgan fingerprint density at radius 3 is 2.78 bits per heavy atom. The first-order valence-electron chi connectivity index (χ1n) is 5.12. The Kier molecular flexibility index (Phi) is 4.89. The maximum Gasteiger partial charge on any atom is 0.389 e. The molecule has 4 nitrogen and oxygen atoms in total. The number of rotatable bonds is 5. The first-order valence-corrected chi connectivity index (χ1v) is 5.50. The van der Waals surface area contributed by atoms with Crippen molar-refractivity contribution >= 4 is 23.2 Å². The molecule has 1 heterocycles. The third kappa shape index (κ3) is 5.31. The van der Waals surface area contributed by atoms with Gasteiger partial charge in [-0.25, -0.2) is 9.97 Å². The molecule has 1 aromatic heterocycles. The van der Waals surface area contributed by atoms with Gasteiger partial charge in [-0.05, 0) is 24.6 Å². The maximum absolute atomic E-state index is 11.9. The zero-order chi connectivity index (χ0) is 13.8. The lowest BCUT2D eigenvalue weighted by molar-refractivity contribution is -0.143. The summed E-state index contributed by atoms with van der Waals surface area (Å²) in [5.41, 5.74) is 0. The molecular weight excluding hydrogens is 271 g/mol. The summed E-state index contributed by atoms with van der Waals surface area (Å²) in [4.78, 5) is 18.9. The van der Waals surface area contributed by atoms with Gasteiger partial charge in [-0.3, -0.25) is 4.79 Å². The van der Waals surface area contributed by atoms with Crippen molar-refractivity contribution in [3.8, 4) is 0 Å². The van der Waals surface area contributed by atoms with Gasteiger partial charge in [0, 0.05) is 12.6 Å². The highest BCUT2D eigenvalue weighted by Gasteiger charge is 2.29. The normalized spacial score (nSPS) is 13.2. The first kappa shape index (κ1) is 14.7. The number of halogens is 4. The van der Waals surface area contributed by atoms with Crippen LogP contribution in [0.1, 0.15) is 19.8 Å². The topological polar surface area (TPSA) is 54.9 Å². The van der Waals surface area contributed by atoms with Crippen molar-refractivity contribution in [1.29, 1.82) is 0 Å². The fourth-order valence-electron chi connectivity index (χ4n) is 1.20. The van der Waals surface area contributed by atoms with Crippen LogP contribution in [-0.2, 0) is 4.79 Å². The molecule has 1 rings (SSSR count). The van der Waals surface area contributed by atoms with Gasteiger partial charge in [0.05, 0.1) is 12.5 Å². The van der Waals surface area contributed by atoms with Gasteiger partial charge in [0.25, 0.3) is 0 Å². The molecule has 100 valence electrons. The number of hydrogen-bond donors (Lipinski definition) is 1. The summed E-state index contributed by atoms with van der Waals surface area (Å²) in [5, 5.41) is 2.66. The van der Waals surface area contributed by atoms with Crippen molar-refractivity contribution in [2.45, 2.75) is 32.0 Å². The summed E-state index contributed by atoms with van der Waals surface area (Å²) in [7, 11) is 0. The van der Waals surface area contributed by atoms with Crippen molar-refractivity contribution in [1.82, 2.24) is 9.97 Å². The number of aromatic nitrogens is 2. The molecule has 0 spiro atoms. The zero-order valence-electron chi connectivity index (χ0n) is 9.46. The SMILES string of the molecule is C[C@H](Nc1ccnc(Cl)n1)C(=O)CCC(F)(F)F. The van der Waals surface area contributed by atoms with E-state index in [4.69, 9.17) is 11.6 Å².